The van der Waals surface area contributed by atoms with Crippen LogP contribution >= 0.6 is 15.9 Å². The highest BCUT2D eigenvalue weighted by Crippen LogP contribution is 2.26. The highest BCUT2D eigenvalue weighted by molar-refractivity contribution is 9.10. The van der Waals surface area contributed by atoms with Crippen LogP contribution in [-0.2, 0) is 13.1 Å². The van der Waals surface area contributed by atoms with Crippen molar-refractivity contribution in [3.8, 4) is 5.75 Å². The van der Waals surface area contributed by atoms with Crippen LogP contribution in [-0.4, -0.2) is 28.2 Å². The zero-order valence-corrected chi connectivity index (χ0v) is 17.3. The molecule has 0 spiro atoms. The Balaban J connectivity index is 1.82. The summed E-state index contributed by atoms with van der Waals surface area (Å²) in [6.45, 7) is -0.698. The first-order valence-electron chi connectivity index (χ1n) is 8.81. The van der Waals surface area contributed by atoms with Crippen LogP contribution in [0.2, 0.25) is 0 Å². The number of alkyl halides is 2. The summed E-state index contributed by atoms with van der Waals surface area (Å²) in [5.74, 6) is -1.01. The summed E-state index contributed by atoms with van der Waals surface area (Å²) in [5.41, 5.74) is -0.0271. The van der Waals surface area contributed by atoms with E-state index in [-0.39, 0.29) is 29.2 Å². The van der Waals surface area contributed by atoms with E-state index >= 15 is 0 Å². The van der Waals surface area contributed by atoms with Gasteiger partial charge in [0, 0.05) is 17.2 Å². The summed E-state index contributed by atoms with van der Waals surface area (Å²) in [5, 5.41) is 9.35. The number of aromatic nitrogens is 2. The van der Waals surface area contributed by atoms with Gasteiger partial charge in [-0.3, -0.25) is 14.3 Å². The number of carbonyl (C=O) groups excluding carboxylic acids is 2. The van der Waals surface area contributed by atoms with Crippen LogP contribution in [0.3, 0.4) is 0 Å². The topological polar surface area (TPSA) is 98.4 Å². The van der Waals surface area contributed by atoms with Gasteiger partial charge in [0.1, 0.15) is 11.5 Å². The second-order valence-electron chi connectivity index (χ2n) is 5.98. The van der Waals surface area contributed by atoms with E-state index in [9.17, 15) is 18.4 Å². The van der Waals surface area contributed by atoms with Crippen molar-refractivity contribution in [1.82, 2.24) is 15.1 Å². The first kappa shape index (κ1) is 21.5. The first-order chi connectivity index (χ1) is 14.4. The van der Waals surface area contributed by atoms with Crippen molar-refractivity contribution in [2.45, 2.75) is 26.6 Å². The lowest BCUT2D eigenvalue weighted by Gasteiger charge is -2.11. The fourth-order valence-corrected chi connectivity index (χ4v) is 2.94. The number of amides is 2. The predicted octanol–water partition coefficient (Wildman–Crippen LogP) is 4.04. The van der Waals surface area contributed by atoms with E-state index in [0.29, 0.717) is 16.8 Å². The van der Waals surface area contributed by atoms with Crippen molar-refractivity contribution >= 4 is 33.4 Å². The van der Waals surface area contributed by atoms with Gasteiger partial charge in [-0.1, -0.05) is 15.9 Å². The Morgan fingerprint density at radius 2 is 2.10 bits per heavy atom. The molecule has 3 aromatic rings. The number of rotatable bonds is 8. The molecule has 11 heteroatoms. The van der Waals surface area contributed by atoms with Gasteiger partial charge in [0.25, 0.3) is 11.8 Å². The summed E-state index contributed by atoms with van der Waals surface area (Å²) < 4.78 is 36.9. The number of halogens is 3. The maximum Gasteiger partial charge on any atom is 0.387 e. The van der Waals surface area contributed by atoms with Crippen molar-refractivity contribution < 1.29 is 27.5 Å². The van der Waals surface area contributed by atoms with Crippen LogP contribution in [0.1, 0.15) is 33.5 Å². The molecule has 2 amide bonds. The number of benzene rings is 1. The molecule has 0 atom stereocenters. The normalized spacial score (nSPS) is 10.8. The summed E-state index contributed by atoms with van der Waals surface area (Å²) in [4.78, 5) is 25.3. The standard InChI is InChI=1S/C19H17BrF2N4O4/c1-2-26-10-14(16(25-26)18(28)23-9-12-4-3-7-29-12)24-17(27)13-8-11(20)5-6-15(13)30-19(21)22/h3-8,10,19H,2,9H2,1H3,(H,23,28)(H,24,27). The van der Waals surface area contributed by atoms with Crippen LogP contribution in [0.5, 0.6) is 5.75 Å². The molecule has 0 fully saturated rings. The molecule has 0 aliphatic carbocycles. The molecule has 8 nitrogen and oxygen atoms in total. The van der Waals surface area contributed by atoms with E-state index < -0.39 is 18.4 Å². The smallest absolute Gasteiger partial charge is 0.387 e. The van der Waals surface area contributed by atoms with Gasteiger partial charge in [-0.05, 0) is 37.3 Å². The molecular formula is C19H17BrF2N4O4. The number of aryl methyl sites for hydroxylation is 1. The quantitative estimate of drug-likeness (QED) is 0.504. The second-order valence-corrected chi connectivity index (χ2v) is 6.90. The van der Waals surface area contributed by atoms with E-state index in [1.54, 1.807) is 12.1 Å². The van der Waals surface area contributed by atoms with Gasteiger partial charge >= 0.3 is 6.61 Å². The first-order valence-corrected chi connectivity index (χ1v) is 9.60. The predicted molar refractivity (Wildman–Crippen MR) is 107 cm³/mol. The van der Waals surface area contributed by atoms with Crippen LogP contribution in [0.4, 0.5) is 14.5 Å². The molecule has 0 radical (unpaired) electrons. The molecule has 2 heterocycles. The van der Waals surface area contributed by atoms with Gasteiger partial charge in [-0.15, -0.1) is 0 Å². The van der Waals surface area contributed by atoms with Crippen molar-refractivity contribution in [1.29, 1.82) is 0 Å². The zero-order chi connectivity index (χ0) is 21.7. The van der Waals surface area contributed by atoms with E-state index in [4.69, 9.17) is 4.42 Å². The molecule has 3 rings (SSSR count). The number of furan rings is 1. The van der Waals surface area contributed by atoms with Crippen LogP contribution in [0.15, 0.2) is 51.7 Å². The number of nitrogens with zero attached hydrogens (tertiary/aromatic N) is 2. The fourth-order valence-electron chi connectivity index (χ4n) is 2.57. The van der Waals surface area contributed by atoms with Gasteiger partial charge in [-0.2, -0.15) is 13.9 Å². The molecule has 0 saturated heterocycles. The fraction of sp³-hybridized carbons (Fsp3) is 0.211. The minimum Gasteiger partial charge on any atom is -0.467 e. The van der Waals surface area contributed by atoms with Crippen molar-refractivity contribution in [3.05, 3.63) is 64.3 Å². The summed E-state index contributed by atoms with van der Waals surface area (Å²) in [7, 11) is 0. The van der Waals surface area contributed by atoms with Gasteiger partial charge < -0.3 is 19.8 Å². The third-order valence-electron chi connectivity index (χ3n) is 3.95. The number of carbonyl (C=O) groups is 2. The monoisotopic (exact) mass is 482 g/mol. The Kier molecular flexibility index (Phi) is 6.83. The molecular weight excluding hydrogens is 466 g/mol. The van der Waals surface area contributed by atoms with E-state index in [1.807, 2.05) is 6.92 Å². The average Bonchev–Trinajstić information content (AvgIpc) is 3.37. The van der Waals surface area contributed by atoms with Crippen molar-refractivity contribution in [2.24, 2.45) is 0 Å². The minimum atomic E-state index is -3.09. The lowest BCUT2D eigenvalue weighted by atomic mass is 10.2. The highest BCUT2D eigenvalue weighted by Gasteiger charge is 2.22. The summed E-state index contributed by atoms with van der Waals surface area (Å²) >= 11 is 3.20. The molecule has 2 aromatic heterocycles. The minimum absolute atomic E-state index is 0.0249. The lowest BCUT2D eigenvalue weighted by molar-refractivity contribution is -0.0501. The maximum absolute atomic E-state index is 12.7. The highest BCUT2D eigenvalue weighted by atomic mass is 79.9. The second kappa shape index (κ2) is 9.53. The lowest BCUT2D eigenvalue weighted by Crippen LogP contribution is -2.25. The van der Waals surface area contributed by atoms with Gasteiger partial charge in [0.05, 0.1) is 24.1 Å². The number of hydrogen-bond donors (Lipinski definition) is 2. The molecule has 2 N–H and O–H groups in total. The molecule has 0 aliphatic rings. The van der Waals surface area contributed by atoms with Gasteiger partial charge in [0.15, 0.2) is 5.69 Å². The summed E-state index contributed by atoms with van der Waals surface area (Å²) in [6, 6.07) is 7.45. The average molecular weight is 483 g/mol. The van der Waals surface area contributed by atoms with E-state index in [1.165, 1.54) is 35.3 Å². The van der Waals surface area contributed by atoms with Crippen LogP contribution in [0, 0.1) is 0 Å². The number of ether oxygens (including phenoxy) is 1. The van der Waals surface area contributed by atoms with Gasteiger partial charge in [0.2, 0.25) is 0 Å². The Bertz CT molecular complexity index is 1040. The van der Waals surface area contributed by atoms with E-state index in [2.05, 4.69) is 36.4 Å². The van der Waals surface area contributed by atoms with Crippen LogP contribution < -0.4 is 15.4 Å². The largest absolute Gasteiger partial charge is 0.467 e. The molecule has 0 saturated carbocycles. The van der Waals surface area contributed by atoms with Crippen molar-refractivity contribution in [2.75, 3.05) is 5.32 Å². The third kappa shape index (κ3) is 5.23. The molecule has 30 heavy (non-hydrogen) atoms. The Morgan fingerprint density at radius 3 is 2.77 bits per heavy atom. The van der Waals surface area contributed by atoms with Gasteiger partial charge in [-0.25, -0.2) is 0 Å². The third-order valence-corrected chi connectivity index (χ3v) is 4.45. The Labute approximate surface area is 178 Å². The Hall–Kier alpha value is -3.21. The maximum atomic E-state index is 12.7. The number of nitrogens with one attached hydrogen (secondary N) is 2. The molecule has 158 valence electrons. The van der Waals surface area contributed by atoms with E-state index in [0.717, 1.165) is 0 Å². The summed E-state index contributed by atoms with van der Waals surface area (Å²) in [6.07, 6.45) is 2.96. The SMILES string of the molecule is CCn1cc(NC(=O)c2cc(Br)ccc2OC(F)F)c(C(=O)NCc2ccco2)n1. The molecule has 0 bridgehead atoms. The molecule has 1 aromatic carbocycles. The zero-order valence-electron chi connectivity index (χ0n) is 15.7. The number of anilines is 1. The van der Waals surface area contributed by atoms with Crippen LogP contribution in [0.25, 0.3) is 0 Å². The molecule has 0 aliphatic heterocycles. The van der Waals surface area contributed by atoms with Crippen molar-refractivity contribution in [3.63, 3.8) is 0 Å². The molecule has 0 unspecified atom stereocenters. The Morgan fingerprint density at radius 1 is 1.30 bits per heavy atom. The number of hydrogen-bond acceptors (Lipinski definition) is 5.